The normalized spacial score (nSPS) is 10.7. The molecule has 0 N–H and O–H groups in total. The molecule has 19 heavy (non-hydrogen) atoms. The number of benzene rings is 1. The summed E-state index contributed by atoms with van der Waals surface area (Å²) in [6, 6.07) is 7.94. The highest BCUT2D eigenvalue weighted by atomic mass is 16.5. The van der Waals surface area contributed by atoms with Gasteiger partial charge in [-0.05, 0) is 30.5 Å². The first kappa shape index (κ1) is 13.3. The minimum Gasteiger partial charge on any atom is -0.461 e. The summed E-state index contributed by atoms with van der Waals surface area (Å²) in [6.07, 6.45) is 1.33. The maximum absolute atomic E-state index is 11.5. The number of carbonyl (C=O) groups excluding carboxylic acids is 1. The van der Waals surface area contributed by atoms with Crippen LogP contribution >= 0.6 is 0 Å². The number of esters is 1. The fourth-order valence-corrected chi connectivity index (χ4v) is 1.74. The highest BCUT2D eigenvalue weighted by Gasteiger charge is 2.14. The van der Waals surface area contributed by atoms with E-state index >= 15 is 0 Å². The Bertz CT molecular complexity index is 572. The molecule has 4 nitrogen and oxygen atoms in total. The average Bonchev–Trinajstić information content (AvgIpc) is 2.89. The predicted molar refractivity (Wildman–Crippen MR) is 72.0 cm³/mol. The van der Waals surface area contributed by atoms with Gasteiger partial charge in [0.2, 0.25) is 5.89 Å². The van der Waals surface area contributed by atoms with Gasteiger partial charge in [0.1, 0.15) is 6.26 Å². The molecule has 0 saturated carbocycles. The van der Waals surface area contributed by atoms with E-state index in [-0.39, 0.29) is 5.69 Å². The number of rotatable bonds is 4. The fraction of sp³-hybridized carbons (Fsp3) is 0.333. The highest BCUT2D eigenvalue weighted by molar-refractivity contribution is 5.87. The quantitative estimate of drug-likeness (QED) is 0.786. The van der Waals surface area contributed by atoms with Gasteiger partial charge in [0.25, 0.3) is 0 Å². The van der Waals surface area contributed by atoms with Crippen LogP contribution < -0.4 is 0 Å². The first-order chi connectivity index (χ1) is 9.11. The summed E-state index contributed by atoms with van der Waals surface area (Å²) in [5.41, 5.74) is 2.27. The van der Waals surface area contributed by atoms with Crippen molar-refractivity contribution in [1.29, 1.82) is 0 Å². The van der Waals surface area contributed by atoms with Crippen LogP contribution in [0.2, 0.25) is 0 Å². The van der Waals surface area contributed by atoms with Crippen molar-refractivity contribution in [3.05, 3.63) is 41.8 Å². The van der Waals surface area contributed by atoms with Crippen LogP contribution in [0.15, 0.2) is 34.9 Å². The van der Waals surface area contributed by atoms with Crippen LogP contribution in [0.4, 0.5) is 0 Å². The van der Waals surface area contributed by atoms with Crippen LogP contribution in [0.3, 0.4) is 0 Å². The third kappa shape index (κ3) is 3.02. The minimum atomic E-state index is -0.461. The molecule has 100 valence electrons. The zero-order valence-electron chi connectivity index (χ0n) is 11.3. The number of hydrogen-bond acceptors (Lipinski definition) is 4. The molecule has 4 heteroatoms. The molecular formula is C15H17NO3. The number of oxazole rings is 1. The van der Waals surface area contributed by atoms with Gasteiger partial charge in [-0.25, -0.2) is 9.78 Å². The standard InChI is InChI=1S/C15H17NO3/c1-4-18-15(17)13-9-19-14(16-13)12-7-5-6-11(8-12)10(2)3/h5-10H,4H2,1-3H3. The van der Waals surface area contributed by atoms with Crippen molar-refractivity contribution in [3.63, 3.8) is 0 Å². The van der Waals surface area contributed by atoms with Crippen LogP contribution in [-0.4, -0.2) is 17.6 Å². The second kappa shape index (κ2) is 5.69. The van der Waals surface area contributed by atoms with Crippen molar-refractivity contribution >= 4 is 5.97 Å². The summed E-state index contributed by atoms with van der Waals surface area (Å²) in [4.78, 5) is 15.7. The van der Waals surface area contributed by atoms with Crippen molar-refractivity contribution in [2.45, 2.75) is 26.7 Å². The van der Waals surface area contributed by atoms with E-state index in [2.05, 4.69) is 24.9 Å². The summed E-state index contributed by atoms with van der Waals surface area (Å²) in [6.45, 7) is 6.33. The van der Waals surface area contributed by atoms with Gasteiger partial charge in [0, 0.05) is 5.56 Å². The Hall–Kier alpha value is -2.10. The van der Waals surface area contributed by atoms with Crippen LogP contribution in [0.25, 0.3) is 11.5 Å². The molecule has 2 rings (SSSR count). The molecule has 0 aliphatic rings. The molecule has 0 aliphatic heterocycles. The summed E-state index contributed by atoms with van der Waals surface area (Å²) < 4.78 is 10.2. The van der Waals surface area contributed by atoms with E-state index in [9.17, 15) is 4.79 Å². The molecule has 0 radical (unpaired) electrons. The van der Waals surface area contributed by atoms with Gasteiger partial charge in [-0.3, -0.25) is 0 Å². The maximum Gasteiger partial charge on any atom is 0.360 e. The molecule has 0 unspecified atom stereocenters. The Morgan fingerprint density at radius 1 is 1.42 bits per heavy atom. The van der Waals surface area contributed by atoms with Gasteiger partial charge in [0.05, 0.1) is 6.61 Å². The lowest BCUT2D eigenvalue weighted by Crippen LogP contribution is -2.04. The molecule has 1 aromatic heterocycles. The smallest absolute Gasteiger partial charge is 0.360 e. The molecule has 0 bridgehead atoms. The van der Waals surface area contributed by atoms with Gasteiger partial charge in [-0.15, -0.1) is 0 Å². The minimum absolute atomic E-state index is 0.201. The second-order valence-corrected chi connectivity index (χ2v) is 4.54. The van der Waals surface area contributed by atoms with E-state index in [1.54, 1.807) is 6.92 Å². The van der Waals surface area contributed by atoms with Gasteiger partial charge >= 0.3 is 5.97 Å². The van der Waals surface area contributed by atoms with E-state index in [0.29, 0.717) is 18.4 Å². The molecule has 0 saturated heterocycles. The zero-order valence-corrected chi connectivity index (χ0v) is 11.3. The Morgan fingerprint density at radius 2 is 2.21 bits per heavy atom. The monoisotopic (exact) mass is 259 g/mol. The summed E-state index contributed by atoms with van der Waals surface area (Å²) in [5, 5.41) is 0. The molecule has 1 heterocycles. The van der Waals surface area contributed by atoms with Crippen LogP contribution in [0, 0.1) is 0 Å². The van der Waals surface area contributed by atoms with Crippen molar-refractivity contribution < 1.29 is 13.9 Å². The number of ether oxygens (including phenoxy) is 1. The van der Waals surface area contributed by atoms with E-state index in [4.69, 9.17) is 9.15 Å². The van der Waals surface area contributed by atoms with E-state index in [0.717, 1.165) is 5.56 Å². The number of nitrogens with zero attached hydrogens (tertiary/aromatic N) is 1. The molecule has 1 aromatic carbocycles. The van der Waals surface area contributed by atoms with Crippen LogP contribution in [-0.2, 0) is 4.74 Å². The van der Waals surface area contributed by atoms with Crippen molar-refractivity contribution in [1.82, 2.24) is 4.98 Å². The topological polar surface area (TPSA) is 52.3 Å². The van der Waals surface area contributed by atoms with Gasteiger partial charge in [0.15, 0.2) is 5.69 Å². The molecular weight excluding hydrogens is 242 g/mol. The lowest BCUT2D eigenvalue weighted by molar-refractivity contribution is 0.0519. The Kier molecular flexibility index (Phi) is 4.00. The van der Waals surface area contributed by atoms with Crippen molar-refractivity contribution in [2.24, 2.45) is 0 Å². The molecule has 0 spiro atoms. The van der Waals surface area contributed by atoms with Crippen molar-refractivity contribution in [2.75, 3.05) is 6.61 Å². The lowest BCUT2D eigenvalue weighted by atomic mass is 10.0. The van der Waals surface area contributed by atoms with Crippen LogP contribution in [0.5, 0.6) is 0 Å². The zero-order chi connectivity index (χ0) is 13.8. The third-order valence-corrected chi connectivity index (χ3v) is 2.79. The number of carbonyl (C=O) groups is 1. The Labute approximate surface area is 112 Å². The first-order valence-electron chi connectivity index (χ1n) is 6.34. The van der Waals surface area contributed by atoms with Gasteiger partial charge < -0.3 is 9.15 Å². The average molecular weight is 259 g/mol. The van der Waals surface area contributed by atoms with E-state index in [1.807, 2.05) is 18.2 Å². The molecule has 0 aliphatic carbocycles. The first-order valence-corrected chi connectivity index (χ1v) is 6.34. The predicted octanol–water partition coefficient (Wildman–Crippen LogP) is 3.64. The largest absolute Gasteiger partial charge is 0.461 e. The SMILES string of the molecule is CCOC(=O)c1coc(-c2cccc(C(C)C)c2)n1. The number of aromatic nitrogens is 1. The van der Waals surface area contributed by atoms with Gasteiger partial charge in [-0.2, -0.15) is 0 Å². The summed E-state index contributed by atoms with van der Waals surface area (Å²) in [7, 11) is 0. The molecule has 0 fully saturated rings. The third-order valence-electron chi connectivity index (χ3n) is 2.79. The Morgan fingerprint density at radius 3 is 2.89 bits per heavy atom. The Balaban J connectivity index is 2.27. The van der Waals surface area contributed by atoms with E-state index in [1.165, 1.54) is 11.8 Å². The molecule has 2 aromatic rings. The second-order valence-electron chi connectivity index (χ2n) is 4.54. The highest BCUT2D eigenvalue weighted by Crippen LogP contribution is 2.23. The lowest BCUT2D eigenvalue weighted by Gasteiger charge is -2.05. The number of hydrogen-bond donors (Lipinski definition) is 0. The van der Waals surface area contributed by atoms with E-state index < -0.39 is 5.97 Å². The van der Waals surface area contributed by atoms with Crippen molar-refractivity contribution in [3.8, 4) is 11.5 Å². The molecule has 0 atom stereocenters. The van der Waals surface area contributed by atoms with Gasteiger partial charge in [-0.1, -0.05) is 26.0 Å². The summed E-state index contributed by atoms with van der Waals surface area (Å²) in [5.74, 6) is 0.405. The molecule has 0 amide bonds. The van der Waals surface area contributed by atoms with Crippen LogP contribution in [0.1, 0.15) is 42.7 Å². The fourth-order valence-electron chi connectivity index (χ4n) is 1.74. The summed E-state index contributed by atoms with van der Waals surface area (Å²) >= 11 is 0. The maximum atomic E-state index is 11.5.